The Bertz CT molecular complexity index is 1040. The third-order valence-electron chi connectivity index (χ3n) is 6.34. The number of carbonyl (C=O) groups excluding carboxylic acids is 2. The summed E-state index contributed by atoms with van der Waals surface area (Å²) in [6.07, 6.45) is 0.215. The maximum absolute atomic E-state index is 14.5. The van der Waals surface area contributed by atoms with E-state index < -0.39 is 23.3 Å². The van der Waals surface area contributed by atoms with Gasteiger partial charge < -0.3 is 11.1 Å². The van der Waals surface area contributed by atoms with Crippen LogP contribution in [0.2, 0.25) is 0 Å². The fraction of sp³-hybridized carbons (Fsp3) is 0.400. The van der Waals surface area contributed by atoms with Gasteiger partial charge in [0.15, 0.2) is 5.96 Å². The van der Waals surface area contributed by atoms with Gasteiger partial charge in [-0.2, -0.15) is 0 Å². The van der Waals surface area contributed by atoms with Gasteiger partial charge in [-0.05, 0) is 56.0 Å². The lowest BCUT2D eigenvalue weighted by Gasteiger charge is -2.40. The Morgan fingerprint density at radius 1 is 1.12 bits per heavy atom. The number of amides is 2. The van der Waals surface area contributed by atoms with Gasteiger partial charge in [-0.1, -0.05) is 44.2 Å². The number of guanidine groups is 1. The number of rotatable bonds is 6. The maximum atomic E-state index is 14.5. The molecule has 1 heterocycles. The molecular formula is C25H32ClFN4O2. The average molecular weight is 475 g/mol. The second-order valence-corrected chi connectivity index (χ2v) is 8.98. The zero-order valence-corrected chi connectivity index (χ0v) is 20.4. The number of nitrogens with zero attached hydrogens (tertiary/aromatic N) is 2. The van der Waals surface area contributed by atoms with Gasteiger partial charge in [0, 0.05) is 5.56 Å². The molecule has 0 saturated heterocycles. The molecule has 0 bridgehead atoms. The first kappa shape index (κ1) is 26.3. The van der Waals surface area contributed by atoms with Crippen LogP contribution >= 0.6 is 12.4 Å². The van der Waals surface area contributed by atoms with Crippen molar-refractivity contribution >= 4 is 30.2 Å². The highest BCUT2D eigenvalue weighted by atomic mass is 35.5. The number of aliphatic imine (C=N–C) groups is 1. The number of benzene rings is 2. The molecule has 2 aromatic carbocycles. The van der Waals surface area contributed by atoms with Crippen molar-refractivity contribution in [2.24, 2.45) is 16.6 Å². The Hall–Kier alpha value is -2.93. The quantitative estimate of drug-likeness (QED) is 0.632. The third-order valence-corrected chi connectivity index (χ3v) is 6.34. The molecule has 1 aliphatic heterocycles. The van der Waals surface area contributed by atoms with Gasteiger partial charge in [-0.3, -0.25) is 14.5 Å². The molecule has 2 amide bonds. The van der Waals surface area contributed by atoms with E-state index in [9.17, 15) is 14.0 Å². The number of nitrogens with one attached hydrogen (secondary N) is 1. The van der Waals surface area contributed by atoms with Crippen molar-refractivity contribution in [1.82, 2.24) is 10.2 Å². The minimum atomic E-state index is -0.572. The molecule has 1 aliphatic rings. The first-order chi connectivity index (χ1) is 15.0. The molecule has 0 aromatic heterocycles. The molecule has 0 fully saturated rings. The molecule has 8 heteroatoms. The van der Waals surface area contributed by atoms with E-state index in [-0.39, 0.29) is 48.2 Å². The van der Waals surface area contributed by atoms with Gasteiger partial charge in [0.2, 0.25) is 5.91 Å². The van der Waals surface area contributed by atoms with E-state index in [1.807, 2.05) is 58.0 Å². The fourth-order valence-corrected chi connectivity index (χ4v) is 3.86. The minimum absolute atomic E-state index is 0. The van der Waals surface area contributed by atoms with E-state index in [0.29, 0.717) is 5.56 Å². The number of carbonyl (C=O) groups is 2. The minimum Gasteiger partial charge on any atom is -0.369 e. The topological polar surface area (TPSA) is 87.8 Å². The summed E-state index contributed by atoms with van der Waals surface area (Å²) < 4.78 is 14.5. The van der Waals surface area contributed by atoms with E-state index in [0.717, 1.165) is 5.56 Å². The number of hydrogen-bond acceptors (Lipinski definition) is 4. The maximum Gasteiger partial charge on any atom is 0.251 e. The summed E-state index contributed by atoms with van der Waals surface area (Å²) in [4.78, 5) is 31.7. The van der Waals surface area contributed by atoms with Gasteiger partial charge >= 0.3 is 0 Å². The van der Waals surface area contributed by atoms with Crippen LogP contribution in [0.15, 0.2) is 53.5 Å². The second kappa shape index (κ2) is 10.3. The van der Waals surface area contributed by atoms with E-state index in [1.165, 1.54) is 17.0 Å². The first-order valence-corrected chi connectivity index (χ1v) is 10.9. The molecule has 3 N–H and O–H groups in total. The predicted molar refractivity (Wildman–Crippen MR) is 131 cm³/mol. The largest absolute Gasteiger partial charge is 0.369 e. The van der Waals surface area contributed by atoms with E-state index >= 15 is 0 Å². The van der Waals surface area contributed by atoms with Crippen molar-refractivity contribution in [1.29, 1.82) is 0 Å². The smallest absolute Gasteiger partial charge is 0.251 e. The predicted octanol–water partition coefficient (Wildman–Crippen LogP) is 4.76. The van der Waals surface area contributed by atoms with Crippen LogP contribution in [0, 0.1) is 11.7 Å². The molecule has 0 saturated carbocycles. The van der Waals surface area contributed by atoms with Crippen LogP contribution in [0.5, 0.6) is 0 Å². The summed E-state index contributed by atoms with van der Waals surface area (Å²) in [6.45, 7) is 9.52. The lowest BCUT2D eigenvalue weighted by Crippen LogP contribution is -2.53. The molecule has 0 unspecified atom stereocenters. The zero-order chi connectivity index (χ0) is 23.6. The molecule has 178 valence electrons. The Balaban J connectivity index is 0.00000385. The molecular weight excluding hydrogens is 443 g/mol. The third kappa shape index (κ3) is 5.71. The van der Waals surface area contributed by atoms with Crippen molar-refractivity contribution in [2.45, 2.75) is 58.7 Å². The van der Waals surface area contributed by atoms with E-state index in [2.05, 4.69) is 10.3 Å². The van der Waals surface area contributed by atoms with Crippen LogP contribution in [-0.4, -0.2) is 28.2 Å². The Kier molecular flexibility index (Phi) is 8.25. The zero-order valence-electron chi connectivity index (χ0n) is 19.6. The fourth-order valence-electron chi connectivity index (χ4n) is 3.86. The molecule has 0 radical (unpaired) electrons. The van der Waals surface area contributed by atoms with Crippen LogP contribution in [0.25, 0.3) is 0 Å². The number of hydrogen-bond donors (Lipinski definition) is 2. The number of nitrogens with two attached hydrogens (primary N) is 1. The molecule has 0 aliphatic carbocycles. The van der Waals surface area contributed by atoms with Crippen LogP contribution in [-0.2, 0) is 4.79 Å². The van der Waals surface area contributed by atoms with Crippen molar-refractivity contribution in [3.8, 4) is 0 Å². The molecule has 6 nitrogen and oxygen atoms in total. The van der Waals surface area contributed by atoms with E-state index in [4.69, 9.17) is 5.73 Å². The second-order valence-electron chi connectivity index (χ2n) is 8.98. The van der Waals surface area contributed by atoms with Gasteiger partial charge in [-0.15, -0.1) is 12.4 Å². The highest BCUT2D eigenvalue weighted by Gasteiger charge is 2.40. The molecule has 3 atom stereocenters. The normalized spacial score (nSPS) is 20.0. The summed E-state index contributed by atoms with van der Waals surface area (Å²) in [6, 6.07) is 12.8. The number of halogens is 2. The van der Waals surface area contributed by atoms with Gasteiger partial charge in [0.05, 0.1) is 24.0 Å². The Morgan fingerprint density at radius 2 is 1.76 bits per heavy atom. The molecule has 0 spiro atoms. The van der Waals surface area contributed by atoms with Crippen LogP contribution in [0.1, 0.15) is 74.6 Å². The molecule has 2 aromatic rings. The van der Waals surface area contributed by atoms with Crippen LogP contribution in [0.4, 0.5) is 4.39 Å². The van der Waals surface area contributed by atoms with Gasteiger partial charge in [0.25, 0.3) is 5.91 Å². The summed E-state index contributed by atoms with van der Waals surface area (Å²) in [5.41, 5.74) is 7.20. The van der Waals surface area contributed by atoms with Crippen molar-refractivity contribution in [3.63, 3.8) is 0 Å². The van der Waals surface area contributed by atoms with Crippen LogP contribution in [0.3, 0.4) is 0 Å². The van der Waals surface area contributed by atoms with Crippen molar-refractivity contribution < 1.29 is 14.0 Å². The first-order valence-electron chi connectivity index (χ1n) is 10.9. The summed E-state index contributed by atoms with van der Waals surface area (Å²) in [5.74, 6) is -0.877. The molecule has 33 heavy (non-hydrogen) atoms. The highest BCUT2D eigenvalue weighted by Crippen LogP contribution is 2.33. The lowest BCUT2D eigenvalue weighted by atomic mass is 9.84. The SMILES string of the molecule is CC(C)[C@]1(C)CC(=O)N([C@H](C)c2cc(F)cc(C(=O)N[C@@H](C)c3ccccc3)c2)C(N)=N1.Cl. The summed E-state index contributed by atoms with van der Waals surface area (Å²) >= 11 is 0. The van der Waals surface area contributed by atoms with Crippen LogP contribution < -0.4 is 11.1 Å². The molecule has 3 rings (SSSR count). The monoisotopic (exact) mass is 474 g/mol. The highest BCUT2D eigenvalue weighted by molar-refractivity contribution is 5.99. The Labute approximate surface area is 200 Å². The van der Waals surface area contributed by atoms with Crippen molar-refractivity contribution in [2.75, 3.05) is 0 Å². The van der Waals surface area contributed by atoms with Gasteiger partial charge in [0.1, 0.15) is 5.82 Å². The lowest BCUT2D eigenvalue weighted by molar-refractivity contribution is -0.131. The van der Waals surface area contributed by atoms with Gasteiger partial charge in [-0.25, -0.2) is 9.38 Å². The standard InChI is InChI=1S/C25H31FN4O2.ClH/c1-15(2)25(5)14-22(31)30(24(27)29-25)17(4)19-11-20(13-21(26)12-19)23(32)28-16(3)18-9-7-6-8-10-18;/h6-13,15-17H,14H2,1-5H3,(H2,27,29)(H,28,32);1H/t16-,17+,25-;/m0./s1. The average Bonchev–Trinajstić information content (AvgIpc) is 2.73. The summed E-state index contributed by atoms with van der Waals surface area (Å²) in [5, 5.41) is 2.89. The van der Waals surface area contributed by atoms with Crippen molar-refractivity contribution in [3.05, 3.63) is 71.0 Å². The van der Waals surface area contributed by atoms with E-state index in [1.54, 1.807) is 13.0 Å². The Morgan fingerprint density at radius 3 is 2.33 bits per heavy atom. The summed E-state index contributed by atoms with van der Waals surface area (Å²) in [7, 11) is 0.